The second-order valence-electron chi connectivity index (χ2n) is 7.38. The Kier molecular flexibility index (Phi) is 8.25. The molecule has 29 heavy (non-hydrogen) atoms. The van der Waals surface area contributed by atoms with Crippen molar-refractivity contribution in [2.45, 2.75) is 53.6 Å². The molecule has 5 heteroatoms. The standard InChI is InChI=1S/C24H32N2O3/c1-6-21(24(28)25-7-2)26(15-20-12-9-17(3)10-13-20)23(27)16-29-22-14-18(4)8-11-19(22)5/h8-14,21H,6-7,15-16H2,1-5H3,(H,25,28)/t21-/m0/s1. The van der Waals surface area contributed by atoms with Crippen LogP contribution in [0.5, 0.6) is 5.75 Å². The van der Waals surface area contributed by atoms with Gasteiger partial charge >= 0.3 is 0 Å². The van der Waals surface area contributed by atoms with Crippen LogP contribution in [0.4, 0.5) is 0 Å². The third kappa shape index (κ3) is 6.34. The monoisotopic (exact) mass is 396 g/mol. The molecule has 0 fully saturated rings. The van der Waals surface area contributed by atoms with Gasteiger partial charge in [-0.05, 0) is 56.9 Å². The molecule has 0 bridgehead atoms. The lowest BCUT2D eigenvalue weighted by Crippen LogP contribution is -2.50. The minimum absolute atomic E-state index is 0.105. The molecule has 0 aromatic heterocycles. The Morgan fingerprint density at radius 3 is 2.28 bits per heavy atom. The van der Waals surface area contributed by atoms with Gasteiger partial charge in [0.25, 0.3) is 5.91 Å². The van der Waals surface area contributed by atoms with E-state index in [1.807, 2.05) is 77.1 Å². The summed E-state index contributed by atoms with van der Waals surface area (Å²) in [4.78, 5) is 27.3. The number of likely N-dealkylation sites (N-methyl/N-ethyl adjacent to an activating group) is 1. The number of hydrogen-bond donors (Lipinski definition) is 1. The summed E-state index contributed by atoms with van der Waals surface area (Å²) in [7, 11) is 0. The van der Waals surface area contributed by atoms with E-state index in [0.717, 1.165) is 22.3 Å². The van der Waals surface area contributed by atoms with Crippen molar-refractivity contribution < 1.29 is 14.3 Å². The van der Waals surface area contributed by atoms with E-state index in [2.05, 4.69) is 5.32 Å². The van der Waals surface area contributed by atoms with Gasteiger partial charge in [0.05, 0.1) is 0 Å². The fourth-order valence-electron chi connectivity index (χ4n) is 3.19. The predicted molar refractivity (Wildman–Crippen MR) is 116 cm³/mol. The van der Waals surface area contributed by atoms with E-state index in [4.69, 9.17) is 4.74 Å². The summed E-state index contributed by atoms with van der Waals surface area (Å²) in [6.07, 6.45) is 0.535. The van der Waals surface area contributed by atoms with Crippen LogP contribution in [-0.4, -0.2) is 35.9 Å². The van der Waals surface area contributed by atoms with Gasteiger partial charge < -0.3 is 15.0 Å². The lowest BCUT2D eigenvalue weighted by atomic mass is 10.1. The molecule has 0 unspecified atom stereocenters. The van der Waals surface area contributed by atoms with Gasteiger partial charge in [0.1, 0.15) is 11.8 Å². The Morgan fingerprint density at radius 1 is 1.00 bits per heavy atom. The van der Waals surface area contributed by atoms with Gasteiger partial charge in [-0.1, -0.05) is 48.9 Å². The number of ether oxygens (including phenoxy) is 1. The topological polar surface area (TPSA) is 58.6 Å². The van der Waals surface area contributed by atoms with E-state index >= 15 is 0 Å². The number of carbonyl (C=O) groups is 2. The molecule has 156 valence electrons. The minimum atomic E-state index is -0.536. The molecule has 2 aromatic carbocycles. The Hall–Kier alpha value is -2.82. The number of nitrogens with zero attached hydrogens (tertiary/aromatic N) is 1. The van der Waals surface area contributed by atoms with E-state index in [9.17, 15) is 9.59 Å². The first kappa shape index (κ1) is 22.5. The zero-order chi connectivity index (χ0) is 21.4. The van der Waals surface area contributed by atoms with Crippen LogP contribution in [0.15, 0.2) is 42.5 Å². The molecule has 0 spiro atoms. The number of benzene rings is 2. The van der Waals surface area contributed by atoms with Crippen LogP contribution in [0.25, 0.3) is 0 Å². The van der Waals surface area contributed by atoms with Crippen LogP contribution in [0.1, 0.15) is 42.5 Å². The van der Waals surface area contributed by atoms with Gasteiger partial charge in [-0.25, -0.2) is 0 Å². The minimum Gasteiger partial charge on any atom is -0.483 e. The largest absolute Gasteiger partial charge is 0.483 e. The van der Waals surface area contributed by atoms with Crippen molar-refractivity contribution in [2.75, 3.05) is 13.2 Å². The Morgan fingerprint density at radius 2 is 1.66 bits per heavy atom. The van der Waals surface area contributed by atoms with Crippen molar-refractivity contribution in [1.82, 2.24) is 10.2 Å². The summed E-state index contributed by atoms with van der Waals surface area (Å²) >= 11 is 0. The summed E-state index contributed by atoms with van der Waals surface area (Å²) in [5, 5.41) is 2.84. The number of nitrogens with one attached hydrogen (secondary N) is 1. The third-order valence-corrected chi connectivity index (χ3v) is 4.91. The highest BCUT2D eigenvalue weighted by Crippen LogP contribution is 2.20. The van der Waals surface area contributed by atoms with Crippen LogP contribution >= 0.6 is 0 Å². The molecule has 5 nitrogen and oxygen atoms in total. The third-order valence-electron chi connectivity index (χ3n) is 4.91. The summed E-state index contributed by atoms with van der Waals surface area (Å²) < 4.78 is 5.83. The first-order valence-electron chi connectivity index (χ1n) is 10.2. The fraction of sp³-hybridized carbons (Fsp3) is 0.417. The van der Waals surface area contributed by atoms with E-state index < -0.39 is 6.04 Å². The molecular weight excluding hydrogens is 364 g/mol. The van der Waals surface area contributed by atoms with Crippen molar-refractivity contribution >= 4 is 11.8 Å². The maximum absolute atomic E-state index is 13.1. The molecule has 1 N–H and O–H groups in total. The van der Waals surface area contributed by atoms with Gasteiger partial charge in [-0.3, -0.25) is 9.59 Å². The van der Waals surface area contributed by atoms with Gasteiger partial charge in [0, 0.05) is 13.1 Å². The van der Waals surface area contributed by atoms with Gasteiger partial charge in [-0.15, -0.1) is 0 Å². The molecule has 2 aromatic rings. The Balaban J connectivity index is 2.21. The number of amides is 2. The zero-order valence-electron chi connectivity index (χ0n) is 18.1. The predicted octanol–water partition coefficient (Wildman–Crippen LogP) is 3.93. The van der Waals surface area contributed by atoms with E-state index in [0.29, 0.717) is 25.3 Å². The van der Waals surface area contributed by atoms with Crippen molar-refractivity contribution in [3.05, 3.63) is 64.7 Å². The Labute approximate surface area is 174 Å². The molecule has 2 rings (SSSR count). The van der Waals surface area contributed by atoms with Gasteiger partial charge in [-0.2, -0.15) is 0 Å². The fourth-order valence-corrected chi connectivity index (χ4v) is 3.19. The van der Waals surface area contributed by atoms with Crippen LogP contribution in [0, 0.1) is 20.8 Å². The lowest BCUT2D eigenvalue weighted by Gasteiger charge is -2.30. The molecule has 0 saturated heterocycles. The summed E-state index contributed by atoms with van der Waals surface area (Å²) in [5.41, 5.74) is 4.19. The Bertz CT molecular complexity index is 831. The maximum atomic E-state index is 13.1. The maximum Gasteiger partial charge on any atom is 0.261 e. The highest BCUT2D eigenvalue weighted by atomic mass is 16.5. The van der Waals surface area contributed by atoms with Crippen molar-refractivity contribution in [2.24, 2.45) is 0 Å². The average Bonchev–Trinajstić information content (AvgIpc) is 2.70. The van der Waals surface area contributed by atoms with E-state index in [1.54, 1.807) is 4.90 Å². The number of aryl methyl sites for hydroxylation is 3. The average molecular weight is 397 g/mol. The molecule has 0 aliphatic carbocycles. The van der Waals surface area contributed by atoms with Crippen LogP contribution < -0.4 is 10.1 Å². The number of carbonyl (C=O) groups excluding carboxylic acids is 2. The summed E-state index contributed by atoms with van der Waals surface area (Å²) in [5.74, 6) is 0.353. The summed E-state index contributed by atoms with van der Waals surface area (Å²) in [6.45, 7) is 10.5. The first-order chi connectivity index (χ1) is 13.8. The molecular formula is C24H32N2O3. The second-order valence-corrected chi connectivity index (χ2v) is 7.38. The van der Waals surface area contributed by atoms with Crippen molar-refractivity contribution in [3.63, 3.8) is 0 Å². The highest BCUT2D eigenvalue weighted by molar-refractivity contribution is 5.88. The molecule has 1 atom stereocenters. The van der Waals surface area contributed by atoms with E-state index in [-0.39, 0.29) is 18.4 Å². The van der Waals surface area contributed by atoms with Gasteiger partial charge in [0.15, 0.2) is 6.61 Å². The van der Waals surface area contributed by atoms with Crippen molar-refractivity contribution in [3.8, 4) is 5.75 Å². The molecule has 2 amide bonds. The van der Waals surface area contributed by atoms with Crippen LogP contribution in [0.3, 0.4) is 0 Å². The van der Waals surface area contributed by atoms with E-state index in [1.165, 1.54) is 0 Å². The first-order valence-corrected chi connectivity index (χ1v) is 10.2. The number of hydrogen-bond acceptors (Lipinski definition) is 3. The molecule has 0 aliphatic heterocycles. The van der Waals surface area contributed by atoms with Crippen LogP contribution in [0.2, 0.25) is 0 Å². The molecule has 0 heterocycles. The number of rotatable bonds is 9. The quantitative estimate of drug-likeness (QED) is 0.699. The SMILES string of the molecule is CCNC(=O)[C@H](CC)N(Cc1ccc(C)cc1)C(=O)COc1cc(C)ccc1C. The highest BCUT2D eigenvalue weighted by Gasteiger charge is 2.28. The van der Waals surface area contributed by atoms with Crippen LogP contribution in [-0.2, 0) is 16.1 Å². The second kappa shape index (κ2) is 10.6. The van der Waals surface area contributed by atoms with Crippen molar-refractivity contribution in [1.29, 1.82) is 0 Å². The normalized spacial score (nSPS) is 11.6. The smallest absolute Gasteiger partial charge is 0.261 e. The summed E-state index contributed by atoms with van der Waals surface area (Å²) in [6, 6.07) is 13.4. The van der Waals surface area contributed by atoms with Gasteiger partial charge in [0.2, 0.25) is 5.91 Å². The lowest BCUT2D eigenvalue weighted by molar-refractivity contribution is -0.142. The molecule has 0 aliphatic rings. The molecule has 0 radical (unpaired) electrons. The zero-order valence-corrected chi connectivity index (χ0v) is 18.1. The molecule has 0 saturated carbocycles.